The smallest absolute Gasteiger partial charge is 0.118 e. The first-order valence-electron chi connectivity index (χ1n) is 7.08. The summed E-state index contributed by atoms with van der Waals surface area (Å²) in [6, 6.07) is 26.9. The summed E-state index contributed by atoms with van der Waals surface area (Å²) in [5, 5.41) is 1.38. The summed E-state index contributed by atoms with van der Waals surface area (Å²) in [5.74, 6) is 0.925. The van der Waals surface area contributed by atoms with Gasteiger partial charge in [0.25, 0.3) is 0 Å². The molecular weight excluding hydrogens is 331 g/mol. The van der Waals surface area contributed by atoms with Crippen LogP contribution in [0.15, 0.2) is 78.9 Å². The summed E-state index contributed by atoms with van der Waals surface area (Å²) in [6.45, 7) is 2.28. The average molecular weight is 352 g/mol. The fourth-order valence-corrected chi connectivity index (χ4v) is 3.24. The van der Waals surface area contributed by atoms with Crippen LogP contribution in [0.4, 0.5) is 0 Å². The first kappa shape index (κ1) is 18.7. The van der Waals surface area contributed by atoms with Crippen LogP contribution in [-0.4, -0.2) is 7.11 Å². The summed E-state index contributed by atoms with van der Waals surface area (Å²) in [5.41, 5.74) is 2.03. The van der Waals surface area contributed by atoms with Crippen molar-refractivity contribution in [2.24, 2.45) is 0 Å². The second-order valence-electron chi connectivity index (χ2n) is 4.78. The predicted molar refractivity (Wildman–Crippen MR) is 93.4 cm³/mol. The summed E-state index contributed by atoms with van der Waals surface area (Å²) in [4.78, 5) is 0. The molecule has 0 fully saturated rings. The van der Waals surface area contributed by atoms with E-state index in [0.29, 0.717) is 5.66 Å². The van der Waals surface area contributed by atoms with E-state index in [2.05, 4.69) is 43.3 Å². The minimum atomic E-state index is 0. The first-order valence-corrected chi connectivity index (χ1v) is 8.16. The molecule has 3 rings (SSSR count). The Kier molecular flexibility index (Phi) is 8.85. The van der Waals surface area contributed by atoms with Gasteiger partial charge in [-0.1, -0.05) is 27.6 Å². The third kappa shape index (κ3) is 6.20. The van der Waals surface area contributed by atoms with Gasteiger partial charge in [0.2, 0.25) is 0 Å². The SMILES string of the molecule is COc1ccc(PC(C)[c-]2cccc2)cc1.[Fe].[cH-]1[cH-][cH-][cH-][cH-]1. The first-order chi connectivity index (χ1) is 10.3. The van der Waals surface area contributed by atoms with Crippen LogP contribution in [0.1, 0.15) is 18.1 Å². The fraction of sp³-hybridized carbons (Fsp3) is 0.158. The molecule has 0 N–H and O–H groups in total. The maximum atomic E-state index is 5.15. The average Bonchev–Trinajstić information content (AvgIpc) is 3.23. The molecular formula is C19H21FeOP-6. The van der Waals surface area contributed by atoms with Crippen molar-refractivity contribution in [3.05, 3.63) is 84.4 Å². The molecule has 3 heteroatoms. The Bertz CT molecular complexity index is 568. The molecule has 0 radical (unpaired) electrons. The van der Waals surface area contributed by atoms with Gasteiger partial charge < -0.3 is 35.1 Å². The summed E-state index contributed by atoms with van der Waals surface area (Å²) in [6.07, 6.45) is 0. The molecule has 0 saturated heterocycles. The fourth-order valence-electron chi connectivity index (χ4n) is 2.02. The number of methoxy groups -OCH3 is 1. The molecule has 0 aliphatic heterocycles. The third-order valence-electron chi connectivity index (χ3n) is 3.22. The van der Waals surface area contributed by atoms with Crippen molar-refractivity contribution in [2.75, 3.05) is 7.11 Å². The van der Waals surface area contributed by atoms with Crippen LogP contribution in [0.25, 0.3) is 0 Å². The Morgan fingerprint density at radius 3 is 1.91 bits per heavy atom. The van der Waals surface area contributed by atoms with Crippen LogP contribution < -0.4 is 10.0 Å². The van der Waals surface area contributed by atoms with Crippen LogP contribution in [0.2, 0.25) is 0 Å². The van der Waals surface area contributed by atoms with Gasteiger partial charge in [-0.15, -0.1) is 0 Å². The molecule has 0 aromatic heterocycles. The second kappa shape index (κ2) is 10.4. The standard InChI is InChI=1S/C14H16OP.C5H5.Fe/c1-11(12-5-3-4-6-12)16-14-9-7-13(15-2)8-10-14;1-2-4-5-3-1;/h3-11,16H,1-2H3;1-5H;/q-1;-5;. The van der Waals surface area contributed by atoms with Gasteiger partial charge in [0.05, 0.1) is 7.11 Å². The van der Waals surface area contributed by atoms with Gasteiger partial charge in [-0.25, -0.2) is 12.1 Å². The van der Waals surface area contributed by atoms with Gasteiger partial charge in [0.15, 0.2) is 0 Å². The number of benzene rings is 1. The predicted octanol–water partition coefficient (Wildman–Crippen LogP) is 4.88. The molecule has 0 saturated carbocycles. The molecule has 0 heterocycles. The minimum absolute atomic E-state index is 0. The summed E-state index contributed by atoms with van der Waals surface area (Å²) in [7, 11) is 2.51. The van der Waals surface area contributed by atoms with Crippen molar-refractivity contribution in [1.82, 2.24) is 0 Å². The molecule has 0 amide bonds. The van der Waals surface area contributed by atoms with E-state index in [9.17, 15) is 0 Å². The maximum absolute atomic E-state index is 5.15. The van der Waals surface area contributed by atoms with Crippen molar-refractivity contribution in [3.63, 3.8) is 0 Å². The molecule has 0 bridgehead atoms. The van der Waals surface area contributed by atoms with E-state index in [0.717, 1.165) is 14.3 Å². The Morgan fingerprint density at radius 1 is 0.955 bits per heavy atom. The van der Waals surface area contributed by atoms with Gasteiger partial charge in [-0.3, -0.25) is 0 Å². The van der Waals surface area contributed by atoms with Crippen molar-refractivity contribution in [1.29, 1.82) is 0 Å². The van der Waals surface area contributed by atoms with Gasteiger partial charge in [-0.05, 0) is 23.1 Å². The summed E-state index contributed by atoms with van der Waals surface area (Å²) >= 11 is 0. The molecule has 2 atom stereocenters. The van der Waals surface area contributed by atoms with Crippen LogP contribution in [-0.2, 0) is 17.1 Å². The largest absolute Gasteiger partial charge is 0.748 e. The molecule has 3 aromatic rings. The van der Waals surface area contributed by atoms with Crippen LogP contribution in [0.5, 0.6) is 5.75 Å². The molecule has 122 valence electrons. The van der Waals surface area contributed by atoms with E-state index < -0.39 is 0 Å². The Morgan fingerprint density at radius 2 is 1.45 bits per heavy atom. The number of hydrogen-bond donors (Lipinski definition) is 0. The molecule has 0 aliphatic carbocycles. The number of ether oxygens (including phenoxy) is 1. The van der Waals surface area contributed by atoms with E-state index >= 15 is 0 Å². The van der Waals surface area contributed by atoms with Crippen molar-refractivity contribution < 1.29 is 21.8 Å². The number of rotatable bonds is 4. The van der Waals surface area contributed by atoms with E-state index in [4.69, 9.17) is 4.74 Å². The molecule has 1 nitrogen and oxygen atoms in total. The second-order valence-corrected chi connectivity index (χ2v) is 6.51. The van der Waals surface area contributed by atoms with Gasteiger partial charge >= 0.3 is 0 Å². The van der Waals surface area contributed by atoms with Crippen molar-refractivity contribution in [2.45, 2.75) is 12.6 Å². The normalized spacial score (nSPS) is 11.4. The molecule has 22 heavy (non-hydrogen) atoms. The maximum Gasteiger partial charge on any atom is 0.118 e. The quantitative estimate of drug-likeness (QED) is 0.369. The molecule has 0 spiro atoms. The Hall–Kier alpha value is -1.33. The van der Waals surface area contributed by atoms with Crippen LogP contribution >= 0.6 is 8.58 Å². The molecule has 3 aromatic carbocycles. The number of hydrogen-bond acceptors (Lipinski definition) is 1. The zero-order valence-corrected chi connectivity index (χ0v) is 14.9. The van der Waals surface area contributed by atoms with E-state index in [1.54, 1.807) is 7.11 Å². The van der Waals surface area contributed by atoms with Gasteiger partial charge in [0.1, 0.15) is 5.75 Å². The Labute approximate surface area is 145 Å². The third-order valence-corrected chi connectivity index (χ3v) is 4.65. The Balaban J connectivity index is 0.000000344. The minimum Gasteiger partial charge on any atom is -0.748 e. The van der Waals surface area contributed by atoms with E-state index in [1.165, 1.54) is 10.9 Å². The molecule has 0 aliphatic rings. The van der Waals surface area contributed by atoms with Crippen molar-refractivity contribution >= 4 is 13.9 Å². The van der Waals surface area contributed by atoms with Gasteiger partial charge in [-0.2, -0.15) is 17.7 Å². The zero-order chi connectivity index (χ0) is 14.9. The van der Waals surface area contributed by atoms with Crippen molar-refractivity contribution in [3.8, 4) is 5.75 Å². The monoisotopic (exact) mass is 352 g/mol. The van der Waals surface area contributed by atoms with E-state index in [-0.39, 0.29) is 17.1 Å². The van der Waals surface area contributed by atoms with Crippen LogP contribution in [0.3, 0.4) is 0 Å². The van der Waals surface area contributed by atoms with Crippen LogP contribution in [0, 0.1) is 0 Å². The van der Waals surface area contributed by atoms with E-state index in [1.807, 2.05) is 42.5 Å². The summed E-state index contributed by atoms with van der Waals surface area (Å²) < 4.78 is 5.15. The topological polar surface area (TPSA) is 9.23 Å². The van der Waals surface area contributed by atoms with Gasteiger partial charge in [0, 0.05) is 17.1 Å². The molecule has 2 unspecified atom stereocenters. The zero-order valence-electron chi connectivity index (χ0n) is 12.8.